The van der Waals surface area contributed by atoms with Crippen molar-refractivity contribution in [3.63, 3.8) is 0 Å². The maximum Gasteiger partial charge on any atom is 0.349 e. The average Bonchev–Trinajstić information content (AvgIpc) is 2.73. The van der Waals surface area contributed by atoms with Crippen LogP contribution in [0.25, 0.3) is 21.9 Å². The topological polar surface area (TPSA) is 76.2 Å². The largest absolute Gasteiger partial charge is 0.422 e. The minimum atomic E-state index is -0.486. The summed E-state index contributed by atoms with van der Waals surface area (Å²) in [4.78, 5) is 23.0. The Morgan fingerprint density at radius 1 is 1.29 bits per heavy atom. The van der Waals surface area contributed by atoms with E-state index in [9.17, 15) is 9.59 Å². The molecule has 5 nitrogen and oxygen atoms in total. The van der Waals surface area contributed by atoms with Gasteiger partial charge in [0.1, 0.15) is 11.0 Å². The Labute approximate surface area is 94.6 Å². The van der Waals surface area contributed by atoms with Crippen LogP contribution < -0.4 is 11.1 Å². The molecule has 3 aromatic rings. The number of rotatable bonds is 1. The molecule has 0 spiro atoms. The Morgan fingerprint density at radius 3 is 2.88 bits per heavy atom. The molecule has 2 aromatic heterocycles. The summed E-state index contributed by atoms with van der Waals surface area (Å²) in [6.45, 7) is 1.91. The lowest BCUT2D eigenvalue weighted by molar-refractivity contribution is 0.448. The van der Waals surface area contributed by atoms with Crippen LogP contribution in [0.15, 0.2) is 36.7 Å². The van der Waals surface area contributed by atoms with Gasteiger partial charge in [0, 0.05) is 6.07 Å². The average molecular weight is 231 g/mol. The second-order valence-electron chi connectivity index (χ2n) is 3.79. The Balaban J connectivity index is 2.61. The number of fused-ring (bicyclic) bond motifs is 3. The van der Waals surface area contributed by atoms with E-state index in [-0.39, 0.29) is 11.0 Å². The van der Waals surface area contributed by atoms with Crippen LogP contribution >= 0.6 is 0 Å². The Bertz CT molecular complexity index is 822. The molecule has 0 aliphatic rings. The molecular formula is C12H9NO4. The standard InChI is InChI=1S/C12H9NO4/c1-2-8-10-11(17-13-8)7-4-3-6(14)5-9(7)16-12(10)15/h3-5,13H,2H2,1H3. The van der Waals surface area contributed by atoms with Crippen molar-refractivity contribution in [1.29, 1.82) is 0 Å². The zero-order valence-corrected chi connectivity index (χ0v) is 9.07. The van der Waals surface area contributed by atoms with Gasteiger partial charge in [-0.25, -0.2) is 9.95 Å². The molecule has 1 N–H and O–H groups in total. The van der Waals surface area contributed by atoms with Crippen LogP contribution in [0.1, 0.15) is 12.6 Å². The Morgan fingerprint density at radius 2 is 2.12 bits per heavy atom. The van der Waals surface area contributed by atoms with Gasteiger partial charge >= 0.3 is 5.63 Å². The molecule has 0 radical (unpaired) electrons. The van der Waals surface area contributed by atoms with E-state index < -0.39 is 5.63 Å². The molecule has 0 unspecified atom stereocenters. The first-order valence-corrected chi connectivity index (χ1v) is 5.27. The summed E-state index contributed by atoms with van der Waals surface area (Å²) < 4.78 is 10.4. The quantitative estimate of drug-likeness (QED) is 0.648. The van der Waals surface area contributed by atoms with Gasteiger partial charge in [0.2, 0.25) is 0 Å². The van der Waals surface area contributed by atoms with Crippen molar-refractivity contribution in [3.05, 3.63) is 44.5 Å². The zero-order chi connectivity index (χ0) is 12.0. The van der Waals surface area contributed by atoms with Crippen LogP contribution in [-0.4, -0.2) is 5.16 Å². The zero-order valence-electron chi connectivity index (χ0n) is 9.07. The number of nitrogens with one attached hydrogen (secondary N) is 1. The summed E-state index contributed by atoms with van der Waals surface area (Å²) in [7, 11) is 0. The molecule has 2 heterocycles. The van der Waals surface area contributed by atoms with Crippen molar-refractivity contribution in [2.45, 2.75) is 13.3 Å². The summed E-state index contributed by atoms with van der Waals surface area (Å²) in [5.74, 6) is 0. The molecule has 0 aliphatic heterocycles. The van der Waals surface area contributed by atoms with E-state index in [0.29, 0.717) is 28.5 Å². The van der Waals surface area contributed by atoms with Crippen LogP contribution in [0.4, 0.5) is 0 Å². The van der Waals surface area contributed by atoms with Crippen molar-refractivity contribution >= 4 is 21.9 Å². The molecule has 5 heteroatoms. The van der Waals surface area contributed by atoms with Crippen LogP contribution in [-0.2, 0) is 6.42 Å². The number of aromatic amines is 1. The third-order valence-electron chi connectivity index (χ3n) is 2.76. The Kier molecular flexibility index (Phi) is 1.95. The number of H-pyrrole nitrogens is 1. The van der Waals surface area contributed by atoms with Gasteiger partial charge in [-0.2, -0.15) is 0 Å². The van der Waals surface area contributed by atoms with E-state index >= 15 is 0 Å². The third kappa shape index (κ3) is 1.32. The molecule has 0 saturated carbocycles. The van der Waals surface area contributed by atoms with Gasteiger partial charge in [0.05, 0.1) is 11.1 Å². The maximum absolute atomic E-state index is 11.8. The molecule has 17 heavy (non-hydrogen) atoms. The van der Waals surface area contributed by atoms with Gasteiger partial charge in [0.25, 0.3) is 0 Å². The van der Waals surface area contributed by atoms with E-state index in [1.165, 1.54) is 12.1 Å². The summed E-state index contributed by atoms with van der Waals surface area (Å²) in [5.41, 5.74) is 0.696. The van der Waals surface area contributed by atoms with E-state index in [4.69, 9.17) is 8.94 Å². The molecule has 1 aromatic carbocycles. The highest BCUT2D eigenvalue weighted by Gasteiger charge is 2.15. The van der Waals surface area contributed by atoms with Gasteiger partial charge < -0.3 is 8.94 Å². The predicted molar refractivity (Wildman–Crippen MR) is 62.3 cm³/mol. The van der Waals surface area contributed by atoms with Crippen molar-refractivity contribution in [1.82, 2.24) is 5.16 Å². The fraction of sp³-hybridized carbons (Fsp3) is 0.167. The molecule has 0 fully saturated rings. The number of aromatic nitrogens is 1. The van der Waals surface area contributed by atoms with Crippen LogP contribution in [0, 0.1) is 0 Å². The summed E-state index contributed by atoms with van der Waals surface area (Å²) in [5, 5.41) is 3.73. The lowest BCUT2D eigenvalue weighted by Crippen LogP contribution is -2.03. The first-order valence-electron chi connectivity index (χ1n) is 5.27. The number of aryl methyl sites for hydroxylation is 1. The number of benzene rings is 1. The molecular weight excluding hydrogens is 222 g/mol. The summed E-state index contributed by atoms with van der Waals surface area (Å²) >= 11 is 0. The van der Waals surface area contributed by atoms with Gasteiger partial charge in [-0.1, -0.05) is 6.92 Å². The van der Waals surface area contributed by atoms with Gasteiger partial charge in [-0.15, -0.1) is 0 Å². The smallest absolute Gasteiger partial charge is 0.349 e. The second kappa shape index (κ2) is 3.35. The number of hydrogen-bond acceptors (Lipinski definition) is 4. The van der Waals surface area contributed by atoms with Crippen molar-refractivity contribution < 1.29 is 8.94 Å². The highest BCUT2D eigenvalue weighted by atomic mass is 16.5. The molecule has 0 atom stereocenters. The van der Waals surface area contributed by atoms with Gasteiger partial charge in [-0.3, -0.25) is 4.79 Å². The molecule has 0 aliphatic carbocycles. The van der Waals surface area contributed by atoms with E-state index in [0.717, 1.165) is 0 Å². The summed E-state index contributed by atoms with van der Waals surface area (Å²) in [6, 6.07) is 4.29. The Hall–Kier alpha value is -2.30. The monoisotopic (exact) mass is 231 g/mol. The van der Waals surface area contributed by atoms with Crippen LogP contribution in [0.2, 0.25) is 0 Å². The van der Waals surface area contributed by atoms with E-state index in [2.05, 4.69) is 5.16 Å². The lowest BCUT2D eigenvalue weighted by Gasteiger charge is -1.95. The van der Waals surface area contributed by atoms with E-state index in [1.807, 2.05) is 6.92 Å². The van der Waals surface area contributed by atoms with Crippen molar-refractivity contribution in [2.75, 3.05) is 0 Å². The molecule has 86 valence electrons. The molecule has 0 amide bonds. The second-order valence-corrected chi connectivity index (χ2v) is 3.79. The highest BCUT2D eigenvalue weighted by molar-refractivity contribution is 6.01. The fourth-order valence-corrected chi connectivity index (χ4v) is 1.93. The molecule has 0 bridgehead atoms. The first kappa shape index (κ1) is 9.89. The van der Waals surface area contributed by atoms with Crippen molar-refractivity contribution in [3.8, 4) is 0 Å². The fourth-order valence-electron chi connectivity index (χ4n) is 1.93. The maximum atomic E-state index is 11.8. The van der Waals surface area contributed by atoms with Crippen LogP contribution in [0.5, 0.6) is 0 Å². The summed E-state index contributed by atoms with van der Waals surface area (Å²) in [6.07, 6.45) is 0.642. The molecule has 0 saturated heterocycles. The number of hydrogen-bond donors (Lipinski definition) is 1. The molecule has 3 rings (SSSR count). The van der Waals surface area contributed by atoms with Gasteiger partial charge in [-0.05, 0) is 18.6 Å². The SMILES string of the molecule is CCc1[nH]oc2c1c(=O)oc1cc(=O)ccc12. The van der Waals surface area contributed by atoms with Gasteiger partial charge in [0.15, 0.2) is 11.0 Å². The third-order valence-corrected chi connectivity index (χ3v) is 2.76. The highest BCUT2D eigenvalue weighted by Crippen LogP contribution is 2.23. The predicted octanol–water partition coefficient (Wildman–Crippen LogP) is 1.79. The minimum Gasteiger partial charge on any atom is -0.422 e. The van der Waals surface area contributed by atoms with E-state index in [1.54, 1.807) is 6.07 Å². The first-order chi connectivity index (χ1) is 8.20. The normalized spacial score (nSPS) is 11.4. The van der Waals surface area contributed by atoms with Crippen LogP contribution in [0.3, 0.4) is 0 Å². The lowest BCUT2D eigenvalue weighted by atomic mass is 10.1. The minimum absolute atomic E-state index is 0.203. The van der Waals surface area contributed by atoms with Crippen molar-refractivity contribution in [2.24, 2.45) is 0 Å².